The number of aromatic amines is 1. The number of fused-ring (bicyclic) bond motifs is 4. The van der Waals surface area contributed by atoms with Crippen LogP contribution in [-0.4, -0.2) is 65.2 Å². The number of nitrogens with zero attached hydrogens (tertiary/aromatic N) is 3. The van der Waals surface area contributed by atoms with Gasteiger partial charge in [-0.3, -0.25) is 9.89 Å². The van der Waals surface area contributed by atoms with Crippen LogP contribution in [-0.2, 0) is 0 Å². The maximum atomic E-state index is 12.9. The molecule has 1 amide bonds. The Kier molecular flexibility index (Phi) is 4.07. The second kappa shape index (κ2) is 6.25. The lowest BCUT2D eigenvalue weighted by Gasteiger charge is -2.47. The lowest BCUT2D eigenvalue weighted by atomic mass is 9.83. The van der Waals surface area contributed by atoms with Crippen LogP contribution in [0.1, 0.15) is 23.3 Å². The van der Waals surface area contributed by atoms with Crippen LogP contribution in [0.2, 0.25) is 0 Å². The molecule has 0 radical (unpaired) electrons. The van der Waals surface area contributed by atoms with Crippen molar-refractivity contribution in [2.75, 3.05) is 26.7 Å². The van der Waals surface area contributed by atoms with Crippen molar-refractivity contribution >= 4 is 16.8 Å². The highest BCUT2D eigenvalue weighted by Crippen LogP contribution is 2.31. The average Bonchev–Trinajstić information content (AvgIpc) is 3.04. The van der Waals surface area contributed by atoms with Gasteiger partial charge >= 0.3 is 6.61 Å². The Bertz CT molecular complexity index is 786. The van der Waals surface area contributed by atoms with Gasteiger partial charge in [0.15, 0.2) is 5.69 Å². The second-order valence-electron chi connectivity index (χ2n) is 6.78. The van der Waals surface area contributed by atoms with Crippen molar-refractivity contribution in [3.8, 4) is 5.75 Å². The van der Waals surface area contributed by atoms with Crippen molar-refractivity contribution in [3.63, 3.8) is 0 Å². The number of piperidine rings is 3. The van der Waals surface area contributed by atoms with E-state index in [9.17, 15) is 13.6 Å². The smallest absolute Gasteiger partial charge is 0.387 e. The molecule has 1 atom stereocenters. The lowest BCUT2D eigenvalue weighted by molar-refractivity contribution is -0.0497. The minimum atomic E-state index is -2.88. The second-order valence-corrected chi connectivity index (χ2v) is 6.78. The van der Waals surface area contributed by atoms with Crippen LogP contribution < -0.4 is 4.74 Å². The molecule has 8 heteroatoms. The molecule has 4 heterocycles. The third-order valence-electron chi connectivity index (χ3n) is 5.40. The van der Waals surface area contributed by atoms with Crippen LogP contribution in [0.25, 0.3) is 10.9 Å². The summed E-state index contributed by atoms with van der Waals surface area (Å²) in [5.41, 5.74) is 0.821. The van der Waals surface area contributed by atoms with Crippen LogP contribution in [0.4, 0.5) is 8.78 Å². The van der Waals surface area contributed by atoms with Crippen LogP contribution in [0.3, 0.4) is 0 Å². The van der Waals surface area contributed by atoms with Gasteiger partial charge in [-0.25, -0.2) is 0 Å². The van der Waals surface area contributed by atoms with E-state index in [0.29, 0.717) is 22.5 Å². The Morgan fingerprint density at radius 1 is 1.40 bits per heavy atom. The number of rotatable bonds is 4. The molecule has 0 spiro atoms. The summed E-state index contributed by atoms with van der Waals surface area (Å²) in [5.74, 6) is 0.429. The Balaban J connectivity index is 1.57. The van der Waals surface area contributed by atoms with Gasteiger partial charge in [-0.1, -0.05) is 0 Å². The molecule has 3 saturated heterocycles. The van der Waals surface area contributed by atoms with Gasteiger partial charge in [0.25, 0.3) is 5.91 Å². The van der Waals surface area contributed by atoms with Gasteiger partial charge in [-0.2, -0.15) is 13.9 Å². The van der Waals surface area contributed by atoms with Crippen LogP contribution in [0.15, 0.2) is 18.2 Å². The number of ether oxygens (including phenoxy) is 1. The molecule has 2 aromatic rings. The van der Waals surface area contributed by atoms with Crippen molar-refractivity contribution < 1.29 is 18.3 Å². The topological polar surface area (TPSA) is 61.5 Å². The van der Waals surface area contributed by atoms with E-state index in [1.54, 1.807) is 11.0 Å². The van der Waals surface area contributed by atoms with E-state index >= 15 is 0 Å². The van der Waals surface area contributed by atoms with Gasteiger partial charge in [0.05, 0.1) is 5.52 Å². The number of benzene rings is 1. The Morgan fingerprint density at radius 2 is 2.16 bits per heavy atom. The fraction of sp³-hybridized carbons (Fsp3) is 0.529. The summed E-state index contributed by atoms with van der Waals surface area (Å²) in [4.78, 5) is 17.1. The monoisotopic (exact) mass is 350 g/mol. The predicted octanol–water partition coefficient (Wildman–Crippen LogP) is 2.33. The standard InChI is InChI=1S/C17H20F2N4O2/c1-22(14-9-23-6-4-10(14)5-7-23)16(24)15-12-3-2-11(25-17(18)19)8-13(12)20-21-15/h2-3,8,10,14,17H,4-7,9H2,1H3,(H,20,21). The molecule has 2 bridgehead atoms. The molecular weight excluding hydrogens is 330 g/mol. The fourth-order valence-electron chi connectivity index (χ4n) is 4.03. The zero-order valence-corrected chi connectivity index (χ0v) is 13.9. The molecule has 134 valence electrons. The van der Waals surface area contributed by atoms with E-state index in [2.05, 4.69) is 19.8 Å². The number of carbonyl (C=O) groups is 1. The van der Waals surface area contributed by atoms with Gasteiger partial charge in [-0.15, -0.1) is 0 Å². The van der Waals surface area contributed by atoms with E-state index in [4.69, 9.17) is 0 Å². The number of carbonyl (C=O) groups excluding carboxylic acids is 1. The molecule has 3 aliphatic heterocycles. The number of halogens is 2. The van der Waals surface area contributed by atoms with Crippen molar-refractivity contribution in [2.45, 2.75) is 25.5 Å². The Morgan fingerprint density at radius 3 is 2.80 bits per heavy atom. The highest BCUT2D eigenvalue weighted by Gasteiger charge is 2.38. The van der Waals surface area contributed by atoms with Crippen LogP contribution in [0, 0.1) is 5.92 Å². The van der Waals surface area contributed by atoms with Crippen LogP contribution in [0.5, 0.6) is 5.75 Å². The Labute approximate surface area is 143 Å². The molecule has 6 nitrogen and oxygen atoms in total. The average molecular weight is 350 g/mol. The van der Waals surface area contributed by atoms with E-state index in [1.165, 1.54) is 12.1 Å². The third kappa shape index (κ3) is 2.95. The summed E-state index contributed by atoms with van der Waals surface area (Å²) in [6, 6.07) is 4.64. The van der Waals surface area contributed by atoms with E-state index in [0.717, 1.165) is 32.5 Å². The number of aromatic nitrogens is 2. The summed E-state index contributed by atoms with van der Waals surface area (Å²) in [6.07, 6.45) is 2.25. The molecule has 1 unspecified atom stereocenters. The first-order valence-electron chi connectivity index (χ1n) is 8.45. The van der Waals surface area contributed by atoms with Crippen molar-refractivity contribution in [1.82, 2.24) is 20.0 Å². The molecule has 1 aromatic heterocycles. The van der Waals surface area contributed by atoms with Gasteiger partial charge in [0.1, 0.15) is 5.75 Å². The summed E-state index contributed by atoms with van der Waals surface area (Å²) >= 11 is 0. The van der Waals surface area contributed by atoms with Gasteiger partial charge in [0.2, 0.25) is 0 Å². The highest BCUT2D eigenvalue weighted by atomic mass is 19.3. The maximum absolute atomic E-state index is 12.9. The van der Waals surface area contributed by atoms with E-state index in [1.807, 2.05) is 7.05 Å². The fourth-order valence-corrected chi connectivity index (χ4v) is 4.03. The summed E-state index contributed by atoms with van der Waals surface area (Å²) in [6.45, 7) is 0.245. The number of hydrogen-bond acceptors (Lipinski definition) is 4. The quantitative estimate of drug-likeness (QED) is 0.919. The molecule has 1 N–H and O–H groups in total. The molecule has 3 aliphatic rings. The normalized spacial score (nSPS) is 25.5. The van der Waals surface area contributed by atoms with E-state index < -0.39 is 6.61 Å². The SMILES string of the molecule is CN(C(=O)c1n[nH]c2cc(OC(F)F)ccc12)C1CN2CCC1CC2. The third-order valence-corrected chi connectivity index (χ3v) is 5.40. The number of likely N-dealkylation sites (N-methyl/N-ethyl adjacent to an activating group) is 1. The number of H-pyrrole nitrogens is 1. The minimum absolute atomic E-state index is 0.0379. The van der Waals surface area contributed by atoms with Crippen molar-refractivity contribution in [1.29, 1.82) is 0 Å². The molecule has 1 aromatic carbocycles. The summed E-state index contributed by atoms with van der Waals surface area (Å²) in [7, 11) is 1.82. The molecular formula is C17H20F2N4O2. The largest absolute Gasteiger partial charge is 0.435 e. The number of nitrogens with one attached hydrogen (secondary N) is 1. The van der Waals surface area contributed by atoms with Crippen molar-refractivity contribution in [3.05, 3.63) is 23.9 Å². The first-order chi connectivity index (χ1) is 12.0. The molecule has 5 rings (SSSR count). The number of amides is 1. The number of alkyl halides is 2. The van der Waals surface area contributed by atoms with Gasteiger partial charge < -0.3 is 14.5 Å². The van der Waals surface area contributed by atoms with Crippen molar-refractivity contribution in [2.24, 2.45) is 5.92 Å². The maximum Gasteiger partial charge on any atom is 0.387 e. The summed E-state index contributed by atoms with van der Waals surface area (Å²) < 4.78 is 29.0. The zero-order chi connectivity index (χ0) is 17.6. The van der Waals surface area contributed by atoms with E-state index in [-0.39, 0.29) is 17.7 Å². The molecule has 25 heavy (non-hydrogen) atoms. The minimum Gasteiger partial charge on any atom is -0.435 e. The van der Waals surface area contributed by atoms with Gasteiger partial charge in [-0.05, 0) is 44.0 Å². The lowest BCUT2D eigenvalue weighted by Crippen LogP contribution is -2.57. The molecule has 3 fully saturated rings. The summed E-state index contributed by atoms with van der Waals surface area (Å²) in [5, 5.41) is 7.47. The van der Waals surface area contributed by atoms with Crippen LogP contribution >= 0.6 is 0 Å². The van der Waals surface area contributed by atoms with Gasteiger partial charge in [0, 0.05) is 31.1 Å². The number of hydrogen-bond donors (Lipinski definition) is 1. The molecule has 0 aliphatic carbocycles. The zero-order valence-electron chi connectivity index (χ0n) is 13.9. The Hall–Kier alpha value is -2.22. The molecule has 0 saturated carbocycles. The first kappa shape index (κ1) is 16.3. The predicted molar refractivity (Wildman–Crippen MR) is 87.8 cm³/mol. The first-order valence-corrected chi connectivity index (χ1v) is 8.45. The highest BCUT2D eigenvalue weighted by molar-refractivity contribution is 6.04.